The van der Waals surface area contributed by atoms with Gasteiger partial charge in [0.2, 0.25) is 0 Å². The number of nitrogens with one attached hydrogen (secondary N) is 1. The molecular formula is C9H11FN2O4. The number of H-pyrrole nitrogens is 1. The summed E-state index contributed by atoms with van der Waals surface area (Å²) in [6.07, 6.45) is -1.20. The SMILES string of the molecule is O=c1ccn([C@H]2C[C@H](O)[C@@H](CF)O2)c(=O)[nH]1. The molecule has 3 atom stereocenters. The molecule has 0 saturated carbocycles. The predicted octanol–water partition coefficient (Wildman–Crippen LogP) is -0.845. The van der Waals surface area contributed by atoms with E-state index in [1.165, 1.54) is 12.3 Å². The van der Waals surface area contributed by atoms with E-state index in [2.05, 4.69) is 4.98 Å². The summed E-state index contributed by atoms with van der Waals surface area (Å²) in [5.41, 5.74) is -1.15. The lowest BCUT2D eigenvalue weighted by Gasteiger charge is -2.13. The van der Waals surface area contributed by atoms with Gasteiger partial charge in [-0.3, -0.25) is 14.3 Å². The first-order chi connectivity index (χ1) is 7.61. The molecule has 1 aliphatic rings. The van der Waals surface area contributed by atoms with Crippen molar-refractivity contribution >= 4 is 0 Å². The molecule has 0 aromatic carbocycles. The summed E-state index contributed by atoms with van der Waals surface area (Å²) in [4.78, 5) is 24.3. The van der Waals surface area contributed by atoms with Gasteiger partial charge in [-0.1, -0.05) is 0 Å². The van der Waals surface area contributed by atoms with Crippen LogP contribution >= 0.6 is 0 Å². The molecular weight excluding hydrogens is 219 g/mol. The Morgan fingerprint density at radius 1 is 1.62 bits per heavy atom. The van der Waals surface area contributed by atoms with Crippen LogP contribution in [0.2, 0.25) is 0 Å². The topological polar surface area (TPSA) is 84.3 Å². The van der Waals surface area contributed by atoms with Crippen molar-refractivity contribution in [1.82, 2.24) is 9.55 Å². The molecule has 88 valence electrons. The van der Waals surface area contributed by atoms with Crippen molar-refractivity contribution in [1.29, 1.82) is 0 Å². The Morgan fingerprint density at radius 3 is 2.94 bits per heavy atom. The van der Waals surface area contributed by atoms with Crippen LogP contribution in [0.4, 0.5) is 4.39 Å². The summed E-state index contributed by atoms with van der Waals surface area (Å²) in [7, 11) is 0. The minimum Gasteiger partial charge on any atom is -0.390 e. The average molecular weight is 230 g/mol. The molecule has 1 aromatic rings. The molecule has 1 fully saturated rings. The number of aromatic amines is 1. The number of halogens is 1. The van der Waals surface area contributed by atoms with E-state index in [4.69, 9.17) is 4.74 Å². The minimum absolute atomic E-state index is 0.126. The fourth-order valence-corrected chi connectivity index (χ4v) is 1.68. The van der Waals surface area contributed by atoms with Crippen molar-refractivity contribution in [3.63, 3.8) is 0 Å². The van der Waals surface area contributed by atoms with Crippen molar-refractivity contribution in [2.45, 2.75) is 24.9 Å². The zero-order chi connectivity index (χ0) is 11.7. The second-order valence-corrected chi connectivity index (χ2v) is 3.60. The second-order valence-electron chi connectivity index (χ2n) is 3.60. The summed E-state index contributed by atoms with van der Waals surface area (Å²) >= 11 is 0. The van der Waals surface area contributed by atoms with Gasteiger partial charge in [0.05, 0.1) is 6.10 Å². The Balaban J connectivity index is 2.27. The molecule has 0 bridgehead atoms. The number of rotatable bonds is 2. The predicted molar refractivity (Wildman–Crippen MR) is 51.8 cm³/mol. The molecule has 1 aromatic heterocycles. The van der Waals surface area contributed by atoms with Crippen LogP contribution in [0.5, 0.6) is 0 Å². The number of aromatic nitrogens is 2. The molecule has 0 amide bonds. The van der Waals surface area contributed by atoms with Crippen molar-refractivity contribution < 1.29 is 14.2 Å². The van der Waals surface area contributed by atoms with Crippen LogP contribution in [0.15, 0.2) is 21.9 Å². The van der Waals surface area contributed by atoms with Crippen molar-refractivity contribution in [3.05, 3.63) is 33.1 Å². The summed E-state index contributed by atoms with van der Waals surface area (Å²) in [5.74, 6) is 0. The number of nitrogens with zero attached hydrogens (tertiary/aromatic N) is 1. The largest absolute Gasteiger partial charge is 0.390 e. The lowest BCUT2D eigenvalue weighted by molar-refractivity contribution is -0.0311. The molecule has 0 radical (unpaired) electrons. The summed E-state index contributed by atoms with van der Waals surface area (Å²) in [5, 5.41) is 9.41. The molecule has 16 heavy (non-hydrogen) atoms. The summed E-state index contributed by atoms with van der Waals surface area (Å²) in [6.45, 7) is -0.810. The lowest BCUT2D eigenvalue weighted by atomic mass is 10.2. The Kier molecular flexibility index (Phi) is 2.88. The van der Waals surface area contributed by atoms with E-state index in [9.17, 15) is 19.1 Å². The fourth-order valence-electron chi connectivity index (χ4n) is 1.68. The van der Waals surface area contributed by atoms with Gasteiger partial charge in [-0.2, -0.15) is 0 Å². The van der Waals surface area contributed by atoms with Crippen molar-refractivity contribution in [3.8, 4) is 0 Å². The zero-order valence-electron chi connectivity index (χ0n) is 8.30. The van der Waals surface area contributed by atoms with Gasteiger partial charge in [0.15, 0.2) is 0 Å². The van der Waals surface area contributed by atoms with Crippen LogP contribution in [0.25, 0.3) is 0 Å². The van der Waals surface area contributed by atoms with Gasteiger partial charge in [-0.05, 0) is 0 Å². The van der Waals surface area contributed by atoms with E-state index in [1.54, 1.807) is 0 Å². The number of aliphatic hydroxyl groups is 1. The number of alkyl halides is 1. The second kappa shape index (κ2) is 4.18. The van der Waals surface area contributed by atoms with Crippen LogP contribution in [0.3, 0.4) is 0 Å². The molecule has 1 saturated heterocycles. The number of hydrogen-bond donors (Lipinski definition) is 2. The average Bonchev–Trinajstić information content (AvgIpc) is 2.59. The highest BCUT2D eigenvalue weighted by Crippen LogP contribution is 2.27. The third-order valence-corrected chi connectivity index (χ3v) is 2.52. The number of aliphatic hydroxyl groups excluding tert-OH is 1. The van der Waals surface area contributed by atoms with Crippen LogP contribution < -0.4 is 11.2 Å². The summed E-state index contributed by atoms with van der Waals surface area (Å²) in [6, 6.07) is 1.17. The highest BCUT2D eigenvalue weighted by molar-refractivity contribution is 4.88. The standard InChI is InChI=1S/C9H11FN2O4/c10-4-6-5(13)3-8(16-6)12-2-1-7(14)11-9(12)15/h1-2,5-6,8,13H,3-4H2,(H,11,14,15)/t5-,6+,8+/m0/s1. The van der Waals surface area contributed by atoms with Gasteiger partial charge >= 0.3 is 5.69 Å². The highest BCUT2D eigenvalue weighted by Gasteiger charge is 2.35. The highest BCUT2D eigenvalue weighted by atomic mass is 19.1. The van der Waals surface area contributed by atoms with Gasteiger partial charge in [-0.15, -0.1) is 0 Å². The van der Waals surface area contributed by atoms with Gasteiger partial charge < -0.3 is 9.84 Å². The molecule has 2 rings (SSSR count). The molecule has 0 aliphatic carbocycles. The van der Waals surface area contributed by atoms with Crippen molar-refractivity contribution in [2.75, 3.05) is 6.67 Å². The van der Waals surface area contributed by atoms with E-state index in [1.807, 2.05) is 0 Å². The zero-order valence-corrected chi connectivity index (χ0v) is 8.30. The van der Waals surface area contributed by atoms with E-state index in [0.29, 0.717) is 0 Å². The maximum Gasteiger partial charge on any atom is 0.330 e. The molecule has 1 aliphatic heterocycles. The molecule has 0 spiro atoms. The number of ether oxygens (including phenoxy) is 1. The first-order valence-electron chi connectivity index (χ1n) is 4.83. The Morgan fingerprint density at radius 2 is 2.38 bits per heavy atom. The van der Waals surface area contributed by atoms with Gasteiger partial charge in [-0.25, -0.2) is 9.18 Å². The third kappa shape index (κ3) is 1.91. The maximum atomic E-state index is 12.4. The lowest BCUT2D eigenvalue weighted by Crippen LogP contribution is -2.31. The van der Waals surface area contributed by atoms with Gasteiger partial charge in [0.25, 0.3) is 5.56 Å². The van der Waals surface area contributed by atoms with E-state index < -0.39 is 36.4 Å². The molecule has 7 heteroatoms. The molecule has 0 unspecified atom stereocenters. The quantitative estimate of drug-likeness (QED) is 0.693. The first-order valence-corrected chi connectivity index (χ1v) is 4.83. The van der Waals surface area contributed by atoms with Crippen LogP contribution in [-0.4, -0.2) is 33.5 Å². The van der Waals surface area contributed by atoms with E-state index in [0.717, 1.165) is 4.57 Å². The van der Waals surface area contributed by atoms with Crippen LogP contribution in [0, 0.1) is 0 Å². The number of hydrogen-bond acceptors (Lipinski definition) is 4. The first kappa shape index (κ1) is 11.0. The molecule has 2 heterocycles. The van der Waals surface area contributed by atoms with Crippen molar-refractivity contribution in [2.24, 2.45) is 0 Å². The smallest absolute Gasteiger partial charge is 0.330 e. The fraction of sp³-hybridized carbons (Fsp3) is 0.556. The molecule has 2 N–H and O–H groups in total. The molecule has 6 nitrogen and oxygen atoms in total. The van der Waals surface area contributed by atoms with Gasteiger partial charge in [0.1, 0.15) is 19.0 Å². The normalized spacial score (nSPS) is 29.5. The minimum atomic E-state index is -0.936. The maximum absolute atomic E-state index is 12.4. The van der Waals surface area contributed by atoms with Gasteiger partial charge in [0, 0.05) is 18.7 Å². The Hall–Kier alpha value is -1.47. The third-order valence-electron chi connectivity index (χ3n) is 2.52. The van der Waals surface area contributed by atoms with Crippen LogP contribution in [0.1, 0.15) is 12.6 Å². The van der Waals surface area contributed by atoms with E-state index >= 15 is 0 Å². The van der Waals surface area contributed by atoms with E-state index in [-0.39, 0.29) is 6.42 Å². The Bertz CT molecular complexity index is 483. The van der Waals surface area contributed by atoms with Crippen LogP contribution in [-0.2, 0) is 4.74 Å². The Labute approximate surface area is 89.3 Å². The summed E-state index contributed by atoms with van der Waals surface area (Å²) < 4.78 is 18.6. The monoisotopic (exact) mass is 230 g/mol.